The molecule has 4 nitrogen and oxygen atoms in total. The molecule has 0 saturated carbocycles. The van der Waals surface area contributed by atoms with E-state index in [1.807, 2.05) is 0 Å². The van der Waals surface area contributed by atoms with E-state index in [9.17, 15) is 0 Å². The fraction of sp³-hybridized carbons (Fsp3) is 0.706. The van der Waals surface area contributed by atoms with Crippen LogP contribution in [-0.2, 0) is 13.1 Å². The third-order valence-corrected chi connectivity index (χ3v) is 4.38. The standard InChI is InChI=1S/C17H30N4/c1-13(2)18-9-16-7-6-8-17(19-16)12-21-10-14(3)20(5)15(4)11-21/h6-8,13-15,18H,9-12H2,1-5H3. The van der Waals surface area contributed by atoms with Crippen molar-refractivity contribution in [1.82, 2.24) is 20.1 Å². The number of likely N-dealkylation sites (N-methyl/N-ethyl adjacent to an activating group) is 1. The van der Waals surface area contributed by atoms with Crippen LogP contribution in [0.15, 0.2) is 18.2 Å². The first kappa shape index (κ1) is 16.4. The zero-order chi connectivity index (χ0) is 15.4. The molecule has 0 bridgehead atoms. The van der Waals surface area contributed by atoms with Gasteiger partial charge in [-0.15, -0.1) is 0 Å². The van der Waals surface area contributed by atoms with Crippen LogP contribution < -0.4 is 5.32 Å². The van der Waals surface area contributed by atoms with Gasteiger partial charge in [0.15, 0.2) is 0 Å². The fourth-order valence-corrected chi connectivity index (χ4v) is 2.90. The van der Waals surface area contributed by atoms with Crippen molar-refractivity contribution in [1.29, 1.82) is 0 Å². The Hall–Kier alpha value is -0.970. The first-order valence-electron chi connectivity index (χ1n) is 8.08. The molecule has 21 heavy (non-hydrogen) atoms. The Morgan fingerprint density at radius 2 is 1.81 bits per heavy atom. The van der Waals surface area contributed by atoms with Crippen LogP contribution in [0.25, 0.3) is 0 Å². The van der Waals surface area contributed by atoms with E-state index in [1.54, 1.807) is 0 Å². The molecule has 1 saturated heterocycles. The van der Waals surface area contributed by atoms with E-state index in [4.69, 9.17) is 4.98 Å². The monoisotopic (exact) mass is 290 g/mol. The molecule has 2 rings (SSSR count). The Morgan fingerprint density at radius 1 is 1.19 bits per heavy atom. The van der Waals surface area contributed by atoms with Gasteiger partial charge in [0.05, 0.1) is 11.4 Å². The molecule has 4 heteroatoms. The molecule has 0 aromatic carbocycles. The Labute approximate surface area is 129 Å². The van der Waals surface area contributed by atoms with Crippen molar-refractivity contribution in [3.63, 3.8) is 0 Å². The van der Waals surface area contributed by atoms with Crippen molar-refractivity contribution in [3.05, 3.63) is 29.6 Å². The summed E-state index contributed by atoms with van der Waals surface area (Å²) in [5.74, 6) is 0. The Bertz CT molecular complexity index is 434. The number of piperazine rings is 1. The molecule has 118 valence electrons. The number of nitrogens with one attached hydrogen (secondary N) is 1. The van der Waals surface area contributed by atoms with E-state index in [0.717, 1.165) is 31.9 Å². The second kappa shape index (κ2) is 7.34. The molecule has 1 aromatic heterocycles. The van der Waals surface area contributed by atoms with Gasteiger partial charge in [-0.05, 0) is 33.0 Å². The quantitative estimate of drug-likeness (QED) is 0.900. The maximum atomic E-state index is 4.79. The zero-order valence-electron chi connectivity index (χ0n) is 14.1. The minimum Gasteiger partial charge on any atom is -0.309 e. The summed E-state index contributed by atoms with van der Waals surface area (Å²) in [5.41, 5.74) is 2.32. The number of hydrogen-bond acceptors (Lipinski definition) is 4. The highest BCUT2D eigenvalue weighted by molar-refractivity contribution is 5.11. The van der Waals surface area contributed by atoms with E-state index in [2.05, 4.69) is 68.1 Å². The number of rotatable bonds is 5. The maximum Gasteiger partial charge on any atom is 0.0547 e. The molecule has 1 aliphatic heterocycles. The first-order chi connectivity index (χ1) is 9.95. The van der Waals surface area contributed by atoms with Crippen LogP contribution in [0.4, 0.5) is 0 Å². The van der Waals surface area contributed by atoms with Crippen molar-refractivity contribution in [2.75, 3.05) is 20.1 Å². The number of hydrogen-bond donors (Lipinski definition) is 1. The highest BCUT2D eigenvalue weighted by Gasteiger charge is 2.26. The summed E-state index contributed by atoms with van der Waals surface area (Å²) in [5, 5.41) is 3.43. The lowest BCUT2D eigenvalue weighted by atomic mass is 10.1. The van der Waals surface area contributed by atoms with Gasteiger partial charge in [0.1, 0.15) is 0 Å². The van der Waals surface area contributed by atoms with Crippen LogP contribution in [-0.4, -0.2) is 53.0 Å². The zero-order valence-corrected chi connectivity index (χ0v) is 14.1. The van der Waals surface area contributed by atoms with Gasteiger partial charge in [-0.3, -0.25) is 14.8 Å². The summed E-state index contributed by atoms with van der Waals surface area (Å²) in [4.78, 5) is 9.78. The Balaban J connectivity index is 1.95. The summed E-state index contributed by atoms with van der Waals surface area (Å²) < 4.78 is 0. The van der Waals surface area contributed by atoms with Gasteiger partial charge in [0.25, 0.3) is 0 Å². The molecule has 0 aliphatic carbocycles. The van der Waals surface area contributed by atoms with Crippen LogP contribution in [0.2, 0.25) is 0 Å². The van der Waals surface area contributed by atoms with Crippen molar-refractivity contribution >= 4 is 0 Å². The fourth-order valence-electron chi connectivity index (χ4n) is 2.90. The second-order valence-electron chi connectivity index (χ2n) is 6.71. The van der Waals surface area contributed by atoms with Crippen molar-refractivity contribution in [2.24, 2.45) is 0 Å². The van der Waals surface area contributed by atoms with Crippen LogP contribution in [0, 0.1) is 0 Å². The minimum atomic E-state index is 0.495. The van der Waals surface area contributed by atoms with Crippen molar-refractivity contribution in [3.8, 4) is 0 Å². The lowest BCUT2D eigenvalue weighted by Crippen LogP contribution is -2.54. The molecular formula is C17H30N4. The van der Waals surface area contributed by atoms with E-state index in [0.29, 0.717) is 18.1 Å². The lowest BCUT2D eigenvalue weighted by molar-refractivity contribution is 0.0549. The minimum absolute atomic E-state index is 0.495. The molecule has 0 amide bonds. The van der Waals surface area contributed by atoms with Gasteiger partial charge in [0, 0.05) is 44.3 Å². The summed E-state index contributed by atoms with van der Waals surface area (Å²) in [6.07, 6.45) is 0. The third kappa shape index (κ3) is 4.77. The molecular weight excluding hydrogens is 260 g/mol. The molecule has 1 aliphatic rings. The normalized spacial score (nSPS) is 24.7. The molecule has 2 atom stereocenters. The highest BCUT2D eigenvalue weighted by atomic mass is 15.3. The van der Waals surface area contributed by atoms with E-state index >= 15 is 0 Å². The number of pyridine rings is 1. The molecule has 1 N–H and O–H groups in total. The summed E-state index contributed by atoms with van der Waals surface area (Å²) in [6, 6.07) is 8.09. The van der Waals surface area contributed by atoms with E-state index < -0.39 is 0 Å². The predicted molar refractivity (Wildman–Crippen MR) is 88.2 cm³/mol. The van der Waals surface area contributed by atoms with Crippen LogP contribution in [0.3, 0.4) is 0 Å². The average Bonchev–Trinajstić information content (AvgIpc) is 2.43. The third-order valence-electron chi connectivity index (χ3n) is 4.38. The van der Waals surface area contributed by atoms with E-state index in [-0.39, 0.29) is 0 Å². The number of aromatic nitrogens is 1. The molecule has 0 radical (unpaired) electrons. The molecule has 1 fully saturated rings. The topological polar surface area (TPSA) is 31.4 Å². The first-order valence-corrected chi connectivity index (χ1v) is 8.08. The van der Waals surface area contributed by atoms with Gasteiger partial charge in [-0.1, -0.05) is 19.9 Å². The summed E-state index contributed by atoms with van der Waals surface area (Å²) >= 11 is 0. The van der Waals surface area contributed by atoms with E-state index in [1.165, 1.54) is 5.69 Å². The summed E-state index contributed by atoms with van der Waals surface area (Å²) in [6.45, 7) is 13.0. The molecule has 0 spiro atoms. The SMILES string of the molecule is CC(C)NCc1cccc(CN2CC(C)N(C)C(C)C2)n1. The van der Waals surface area contributed by atoms with Crippen LogP contribution in [0.5, 0.6) is 0 Å². The highest BCUT2D eigenvalue weighted by Crippen LogP contribution is 2.15. The Kier molecular flexibility index (Phi) is 5.73. The lowest BCUT2D eigenvalue weighted by Gasteiger charge is -2.42. The largest absolute Gasteiger partial charge is 0.309 e. The van der Waals surface area contributed by atoms with Gasteiger partial charge in [-0.25, -0.2) is 0 Å². The molecule has 2 unspecified atom stereocenters. The van der Waals surface area contributed by atoms with Crippen molar-refractivity contribution < 1.29 is 0 Å². The van der Waals surface area contributed by atoms with Gasteiger partial charge < -0.3 is 5.32 Å². The molecule has 2 heterocycles. The predicted octanol–water partition coefficient (Wildman–Crippen LogP) is 2.10. The maximum absolute atomic E-state index is 4.79. The number of nitrogens with zero attached hydrogens (tertiary/aromatic N) is 3. The van der Waals surface area contributed by atoms with Gasteiger partial charge >= 0.3 is 0 Å². The smallest absolute Gasteiger partial charge is 0.0547 e. The average molecular weight is 290 g/mol. The van der Waals surface area contributed by atoms with Crippen LogP contribution in [0.1, 0.15) is 39.1 Å². The van der Waals surface area contributed by atoms with Crippen LogP contribution >= 0.6 is 0 Å². The molecule has 1 aromatic rings. The Morgan fingerprint density at radius 3 is 2.43 bits per heavy atom. The van der Waals surface area contributed by atoms with Gasteiger partial charge in [0.2, 0.25) is 0 Å². The summed E-state index contributed by atoms with van der Waals surface area (Å²) in [7, 11) is 2.23. The second-order valence-corrected chi connectivity index (χ2v) is 6.71. The van der Waals surface area contributed by atoms with Crippen molar-refractivity contribution in [2.45, 2.75) is 58.9 Å². The van der Waals surface area contributed by atoms with Gasteiger partial charge in [-0.2, -0.15) is 0 Å².